The molecule has 2 N–H and O–H groups in total. The minimum atomic E-state index is -0.119. The van der Waals surface area contributed by atoms with E-state index in [1.165, 1.54) is 11.3 Å². The van der Waals surface area contributed by atoms with Gasteiger partial charge in [0, 0.05) is 42.1 Å². The molecule has 2 aromatic rings. The van der Waals surface area contributed by atoms with Crippen LogP contribution in [0.4, 0.5) is 0 Å². The topological polar surface area (TPSA) is 85.9 Å². The molecule has 0 spiro atoms. The molecule has 1 heterocycles. The van der Waals surface area contributed by atoms with E-state index in [4.69, 9.17) is 14.2 Å². The Hall–Kier alpha value is -2.74. The number of ether oxygens (including phenoxy) is 3. The number of carbonyl (C=O) groups is 2. The highest BCUT2D eigenvalue weighted by Crippen LogP contribution is 2.34. The van der Waals surface area contributed by atoms with Crippen LogP contribution in [-0.2, 0) is 11.3 Å². The molecule has 27 heavy (non-hydrogen) atoms. The van der Waals surface area contributed by atoms with Crippen LogP contribution in [0.3, 0.4) is 0 Å². The molecule has 0 radical (unpaired) electrons. The molecule has 0 atom stereocenters. The first-order valence-corrected chi connectivity index (χ1v) is 9.39. The molecule has 2 amide bonds. The van der Waals surface area contributed by atoms with E-state index in [-0.39, 0.29) is 11.8 Å². The van der Waals surface area contributed by atoms with Gasteiger partial charge >= 0.3 is 0 Å². The molecular weight excluding hydrogens is 368 g/mol. The first-order valence-electron chi connectivity index (χ1n) is 8.45. The Balaban J connectivity index is 1.79. The average molecular weight is 392 g/mol. The zero-order chi connectivity index (χ0) is 19.6. The maximum absolute atomic E-state index is 12.0. The molecule has 0 fully saturated rings. The number of hydrogen-bond donors (Lipinski definition) is 2. The van der Waals surface area contributed by atoms with Gasteiger partial charge in [0.2, 0.25) is 5.91 Å². The fourth-order valence-corrected chi connectivity index (χ4v) is 3.10. The molecule has 1 aromatic heterocycles. The summed E-state index contributed by atoms with van der Waals surface area (Å²) < 4.78 is 15.9. The van der Waals surface area contributed by atoms with Crippen LogP contribution in [0.2, 0.25) is 0 Å². The summed E-state index contributed by atoms with van der Waals surface area (Å²) in [6.45, 7) is 0.755. The molecule has 146 valence electrons. The van der Waals surface area contributed by atoms with Crippen molar-refractivity contribution in [3.8, 4) is 17.2 Å². The van der Waals surface area contributed by atoms with Crippen molar-refractivity contribution in [2.45, 2.75) is 19.4 Å². The van der Waals surface area contributed by atoms with Crippen molar-refractivity contribution < 1.29 is 23.8 Å². The highest BCUT2D eigenvalue weighted by molar-refractivity contribution is 7.08. The Bertz CT molecular complexity index is 762. The Labute approximate surface area is 162 Å². The zero-order valence-corrected chi connectivity index (χ0v) is 16.5. The van der Waals surface area contributed by atoms with Gasteiger partial charge in [0.05, 0.1) is 21.3 Å². The Kier molecular flexibility index (Phi) is 7.94. The normalized spacial score (nSPS) is 10.2. The molecule has 7 nitrogen and oxygen atoms in total. The van der Waals surface area contributed by atoms with E-state index in [1.54, 1.807) is 44.9 Å². The number of thiophene rings is 1. The summed E-state index contributed by atoms with van der Waals surface area (Å²) >= 11 is 1.47. The van der Waals surface area contributed by atoms with Crippen molar-refractivity contribution >= 4 is 23.2 Å². The lowest BCUT2D eigenvalue weighted by molar-refractivity contribution is -0.121. The van der Waals surface area contributed by atoms with Crippen LogP contribution in [0, 0.1) is 0 Å². The van der Waals surface area contributed by atoms with E-state index in [0.29, 0.717) is 48.7 Å². The van der Waals surface area contributed by atoms with Gasteiger partial charge in [-0.3, -0.25) is 9.59 Å². The number of rotatable bonds is 10. The van der Waals surface area contributed by atoms with Crippen LogP contribution in [0.25, 0.3) is 0 Å². The van der Waals surface area contributed by atoms with E-state index in [1.807, 2.05) is 5.38 Å². The lowest BCUT2D eigenvalue weighted by Gasteiger charge is -2.14. The number of hydrogen-bond acceptors (Lipinski definition) is 6. The molecule has 0 saturated heterocycles. The van der Waals surface area contributed by atoms with Crippen LogP contribution in [0.15, 0.2) is 29.0 Å². The monoisotopic (exact) mass is 392 g/mol. The predicted octanol–water partition coefficient (Wildman–Crippen LogP) is 2.60. The van der Waals surface area contributed by atoms with Crippen molar-refractivity contribution in [1.29, 1.82) is 0 Å². The van der Waals surface area contributed by atoms with E-state index in [0.717, 1.165) is 5.56 Å². The second-order valence-electron chi connectivity index (χ2n) is 5.67. The molecule has 0 bridgehead atoms. The van der Waals surface area contributed by atoms with E-state index in [9.17, 15) is 9.59 Å². The molecule has 0 aliphatic carbocycles. The maximum atomic E-state index is 12.0. The minimum absolute atomic E-state index is 0.100. The lowest BCUT2D eigenvalue weighted by Crippen LogP contribution is -2.27. The first-order chi connectivity index (χ1) is 13.1. The van der Waals surface area contributed by atoms with Crippen molar-refractivity contribution in [3.63, 3.8) is 0 Å². The molecule has 0 aliphatic rings. The number of benzene rings is 1. The summed E-state index contributed by atoms with van der Waals surface area (Å²) in [5.74, 6) is 1.52. The largest absolute Gasteiger partial charge is 0.496 e. The van der Waals surface area contributed by atoms with Gasteiger partial charge in [-0.15, -0.1) is 0 Å². The van der Waals surface area contributed by atoms with Crippen molar-refractivity contribution in [1.82, 2.24) is 10.6 Å². The Morgan fingerprint density at radius 1 is 1.00 bits per heavy atom. The number of methoxy groups -OCH3 is 3. The maximum Gasteiger partial charge on any atom is 0.252 e. The van der Waals surface area contributed by atoms with Crippen molar-refractivity contribution in [3.05, 3.63) is 40.1 Å². The fraction of sp³-hybridized carbons (Fsp3) is 0.368. The average Bonchev–Trinajstić information content (AvgIpc) is 3.23. The van der Waals surface area contributed by atoms with Crippen LogP contribution >= 0.6 is 11.3 Å². The minimum Gasteiger partial charge on any atom is -0.496 e. The zero-order valence-electron chi connectivity index (χ0n) is 15.7. The Morgan fingerprint density at radius 2 is 1.70 bits per heavy atom. The van der Waals surface area contributed by atoms with Crippen molar-refractivity contribution in [2.24, 2.45) is 0 Å². The second kappa shape index (κ2) is 10.4. The van der Waals surface area contributed by atoms with Crippen LogP contribution in [0.5, 0.6) is 17.2 Å². The van der Waals surface area contributed by atoms with Gasteiger partial charge in [-0.25, -0.2) is 0 Å². The summed E-state index contributed by atoms with van der Waals surface area (Å²) in [4.78, 5) is 23.9. The van der Waals surface area contributed by atoms with Gasteiger partial charge in [-0.05, 0) is 23.9 Å². The number of nitrogens with one attached hydrogen (secondary N) is 2. The smallest absolute Gasteiger partial charge is 0.252 e. The van der Waals surface area contributed by atoms with E-state index < -0.39 is 0 Å². The van der Waals surface area contributed by atoms with Gasteiger partial charge < -0.3 is 24.8 Å². The number of amides is 2. The molecule has 0 unspecified atom stereocenters. The molecule has 1 aromatic carbocycles. The SMILES string of the molecule is COc1cc(OC)c(OC)cc1CNC(=O)CCCNC(=O)c1ccsc1. The third-order valence-corrected chi connectivity index (χ3v) is 4.60. The quantitative estimate of drug-likeness (QED) is 0.607. The van der Waals surface area contributed by atoms with Gasteiger partial charge in [-0.2, -0.15) is 11.3 Å². The predicted molar refractivity (Wildman–Crippen MR) is 104 cm³/mol. The molecule has 0 saturated carbocycles. The number of carbonyl (C=O) groups excluding carboxylic acids is 2. The molecular formula is C19H24N2O5S. The summed E-state index contributed by atoms with van der Waals surface area (Å²) in [6, 6.07) is 5.27. The van der Waals surface area contributed by atoms with E-state index >= 15 is 0 Å². The van der Waals surface area contributed by atoms with Gasteiger partial charge in [-0.1, -0.05) is 0 Å². The van der Waals surface area contributed by atoms with E-state index in [2.05, 4.69) is 10.6 Å². The molecule has 0 aliphatic heterocycles. The summed E-state index contributed by atoms with van der Waals surface area (Å²) in [5.41, 5.74) is 1.43. The van der Waals surface area contributed by atoms with Gasteiger partial charge in [0.15, 0.2) is 11.5 Å². The molecule has 2 rings (SSSR count). The highest BCUT2D eigenvalue weighted by Gasteiger charge is 2.13. The standard InChI is InChI=1S/C19H24N2O5S/c1-24-15-10-17(26-3)16(25-2)9-14(15)11-21-18(22)5-4-7-20-19(23)13-6-8-27-12-13/h6,8-10,12H,4-5,7,11H2,1-3H3,(H,20,23)(H,21,22). The third-order valence-electron chi connectivity index (χ3n) is 3.91. The van der Waals surface area contributed by atoms with Crippen LogP contribution < -0.4 is 24.8 Å². The summed E-state index contributed by atoms with van der Waals surface area (Å²) in [5, 5.41) is 9.29. The second-order valence-corrected chi connectivity index (χ2v) is 6.45. The third kappa shape index (κ3) is 5.89. The van der Waals surface area contributed by atoms with Crippen LogP contribution in [0.1, 0.15) is 28.8 Å². The molecule has 8 heteroatoms. The summed E-state index contributed by atoms with van der Waals surface area (Å²) in [6.07, 6.45) is 0.879. The lowest BCUT2D eigenvalue weighted by atomic mass is 10.1. The fourth-order valence-electron chi connectivity index (χ4n) is 2.46. The Morgan fingerprint density at radius 3 is 2.33 bits per heavy atom. The summed E-state index contributed by atoms with van der Waals surface area (Å²) in [7, 11) is 4.66. The first kappa shape index (κ1) is 20.6. The van der Waals surface area contributed by atoms with Crippen molar-refractivity contribution in [2.75, 3.05) is 27.9 Å². The van der Waals surface area contributed by atoms with Gasteiger partial charge in [0.1, 0.15) is 5.75 Å². The highest BCUT2D eigenvalue weighted by atomic mass is 32.1. The van der Waals surface area contributed by atoms with Crippen LogP contribution in [-0.4, -0.2) is 39.7 Å². The van der Waals surface area contributed by atoms with Gasteiger partial charge in [0.25, 0.3) is 5.91 Å².